The van der Waals surface area contributed by atoms with Gasteiger partial charge in [0.2, 0.25) is 0 Å². The Labute approximate surface area is 150 Å². The third kappa shape index (κ3) is 2.86. The molecular formula is C20H18N4O2. The zero-order valence-electron chi connectivity index (χ0n) is 14.8. The van der Waals surface area contributed by atoms with Gasteiger partial charge in [-0.1, -0.05) is 17.3 Å². The number of fused-ring (bicyclic) bond motifs is 1. The summed E-state index contributed by atoms with van der Waals surface area (Å²) in [6.07, 6.45) is 3.99. The number of pyridine rings is 1. The van der Waals surface area contributed by atoms with Crippen LogP contribution in [-0.4, -0.2) is 20.4 Å². The minimum Gasteiger partial charge on any atom is -0.361 e. The van der Waals surface area contributed by atoms with Gasteiger partial charge in [-0.15, -0.1) is 0 Å². The van der Waals surface area contributed by atoms with Crippen LogP contribution in [0.2, 0.25) is 0 Å². The number of nitrogens with one attached hydrogen (secondary N) is 1. The third-order valence-corrected chi connectivity index (χ3v) is 4.31. The summed E-state index contributed by atoms with van der Waals surface area (Å²) in [5.41, 5.74) is 5.73. The molecule has 26 heavy (non-hydrogen) atoms. The summed E-state index contributed by atoms with van der Waals surface area (Å²) < 4.78 is 7.04. The van der Waals surface area contributed by atoms with Crippen LogP contribution in [0.1, 0.15) is 27.4 Å². The Bertz CT molecular complexity index is 1090. The van der Waals surface area contributed by atoms with Gasteiger partial charge in [-0.25, -0.2) is 4.98 Å². The molecule has 1 aromatic carbocycles. The third-order valence-electron chi connectivity index (χ3n) is 4.31. The number of hydrogen-bond donors (Lipinski definition) is 1. The number of amides is 1. The fourth-order valence-electron chi connectivity index (χ4n) is 2.95. The van der Waals surface area contributed by atoms with E-state index in [1.54, 1.807) is 13.8 Å². The van der Waals surface area contributed by atoms with Crippen molar-refractivity contribution in [2.24, 2.45) is 0 Å². The van der Waals surface area contributed by atoms with Crippen molar-refractivity contribution in [1.29, 1.82) is 0 Å². The van der Waals surface area contributed by atoms with Crippen LogP contribution in [0.3, 0.4) is 0 Å². The zero-order chi connectivity index (χ0) is 18.3. The predicted octanol–water partition coefficient (Wildman–Crippen LogP) is 4.17. The van der Waals surface area contributed by atoms with Crippen LogP contribution in [0.25, 0.3) is 16.9 Å². The average Bonchev–Trinajstić information content (AvgIpc) is 3.18. The highest BCUT2D eigenvalue weighted by molar-refractivity contribution is 6.05. The van der Waals surface area contributed by atoms with Crippen LogP contribution >= 0.6 is 0 Å². The normalized spacial score (nSPS) is 11.0. The van der Waals surface area contributed by atoms with Crippen LogP contribution in [-0.2, 0) is 0 Å². The molecule has 0 aliphatic carbocycles. The summed E-state index contributed by atoms with van der Waals surface area (Å²) in [7, 11) is 0. The van der Waals surface area contributed by atoms with E-state index in [0.29, 0.717) is 22.7 Å². The maximum atomic E-state index is 12.4. The number of aromatic nitrogens is 3. The molecule has 6 nitrogen and oxygen atoms in total. The van der Waals surface area contributed by atoms with Gasteiger partial charge in [-0.05, 0) is 50.6 Å². The Morgan fingerprint density at radius 1 is 1.12 bits per heavy atom. The highest BCUT2D eigenvalue weighted by atomic mass is 16.5. The van der Waals surface area contributed by atoms with Crippen LogP contribution in [0.5, 0.6) is 0 Å². The van der Waals surface area contributed by atoms with Gasteiger partial charge in [0.1, 0.15) is 17.0 Å². The topological polar surface area (TPSA) is 72.4 Å². The molecule has 0 atom stereocenters. The molecule has 1 N–H and O–H groups in total. The lowest BCUT2D eigenvalue weighted by molar-refractivity contribution is 0.102. The van der Waals surface area contributed by atoms with E-state index in [1.807, 2.05) is 60.1 Å². The summed E-state index contributed by atoms with van der Waals surface area (Å²) in [6, 6.07) is 11.7. The maximum Gasteiger partial charge on any atom is 0.261 e. The fourth-order valence-corrected chi connectivity index (χ4v) is 2.95. The number of carbonyl (C=O) groups excluding carboxylic acids is 1. The lowest BCUT2D eigenvalue weighted by atomic mass is 10.1. The second-order valence-electron chi connectivity index (χ2n) is 6.33. The first-order chi connectivity index (χ1) is 12.5. The maximum absolute atomic E-state index is 12.4. The van der Waals surface area contributed by atoms with E-state index < -0.39 is 0 Å². The number of anilines is 1. The molecular weight excluding hydrogens is 328 g/mol. The number of nitrogens with zero attached hydrogens (tertiary/aromatic N) is 3. The van der Waals surface area contributed by atoms with Crippen molar-refractivity contribution in [2.75, 3.05) is 5.32 Å². The first-order valence-corrected chi connectivity index (χ1v) is 8.31. The van der Waals surface area contributed by atoms with E-state index in [4.69, 9.17) is 4.52 Å². The highest BCUT2D eigenvalue weighted by Crippen LogP contribution is 2.22. The van der Waals surface area contributed by atoms with E-state index in [9.17, 15) is 4.79 Å². The molecule has 3 heterocycles. The molecule has 1 amide bonds. The first-order valence-electron chi connectivity index (χ1n) is 8.31. The SMILES string of the molecule is Cc1ccn2cc(-c3ccc(NC(=O)c4c(C)noc4C)cc3)nc2c1. The van der Waals surface area contributed by atoms with Crippen LogP contribution in [0.15, 0.2) is 53.3 Å². The Hall–Kier alpha value is -3.41. The molecule has 3 aromatic heterocycles. The standard InChI is InChI=1S/C20H18N4O2/c1-12-8-9-24-11-17(22-18(24)10-12)15-4-6-16(7-5-15)21-20(25)19-13(2)23-26-14(19)3/h4-11H,1-3H3,(H,21,25). The van der Waals surface area contributed by atoms with Crippen LogP contribution in [0.4, 0.5) is 5.69 Å². The minimum absolute atomic E-state index is 0.225. The Morgan fingerprint density at radius 2 is 1.88 bits per heavy atom. The second-order valence-corrected chi connectivity index (χ2v) is 6.33. The van der Waals surface area contributed by atoms with E-state index in [1.165, 1.54) is 5.56 Å². The molecule has 0 unspecified atom stereocenters. The molecule has 0 saturated carbocycles. The summed E-state index contributed by atoms with van der Waals surface area (Å²) >= 11 is 0. The van der Waals surface area contributed by atoms with E-state index >= 15 is 0 Å². The molecule has 4 rings (SSSR count). The van der Waals surface area contributed by atoms with Crippen molar-refractivity contribution in [1.82, 2.24) is 14.5 Å². The quantitative estimate of drug-likeness (QED) is 0.604. The van der Waals surface area contributed by atoms with Gasteiger partial charge in [-0.2, -0.15) is 0 Å². The number of hydrogen-bond acceptors (Lipinski definition) is 4. The van der Waals surface area contributed by atoms with Crippen molar-refractivity contribution in [2.45, 2.75) is 20.8 Å². The van der Waals surface area contributed by atoms with Crippen LogP contribution in [0, 0.1) is 20.8 Å². The Balaban J connectivity index is 1.57. The molecule has 6 heteroatoms. The van der Waals surface area contributed by atoms with Crippen molar-refractivity contribution in [3.8, 4) is 11.3 Å². The number of benzene rings is 1. The smallest absolute Gasteiger partial charge is 0.261 e. The van der Waals surface area contributed by atoms with E-state index in [0.717, 1.165) is 16.9 Å². The first kappa shape index (κ1) is 16.1. The number of imidazole rings is 1. The predicted molar refractivity (Wildman–Crippen MR) is 99.3 cm³/mol. The van der Waals surface area contributed by atoms with Gasteiger partial charge in [0.25, 0.3) is 5.91 Å². The average molecular weight is 346 g/mol. The van der Waals surface area contributed by atoms with Crippen molar-refractivity contribution >= 4 is 17.2 Å². The largest absolute Gasteiger partial charge is 0.361 e. The molecule has 0 spiro atoms. The zero-order valence-corrected chi connectivity index (χ0v) is 14.8. The van der Waals surface area contributed by atoms with Gasteiger partial charge < -0.3 is 14.2 Å². The van der Waals surface area contributed by atoms with Crippen molar-refractivity contribution in [3.05, 3.63) is 71.4 Å². The van der Waals surface area contributed by atoms with E-state index in [2.05, 4.69) is 15.5 Å². The Kier molecular flexibility index (Phi) is 3.80. The molecule has 0 saturated heterocycles. The molecule has 0 aliphatic rings. The molecule has 0 radical (unpaired) electrons. The molecule has 0 fully saturated rings. The lowest BCUT2D eigenvalue weighted by Crippen LogP contribution is -2.13. The van der Waals surface area contributed by atoms with Gasteiger partial charge >= 0.3 is 0 Å². The number of carbonyl (C=O) groups is 1. The van der Waals surface area contributed by atoms with Gasteiger partial charge in [0, 0.05) is 23.6 Å². The number of aryl methyl sites for hydroxylation is 3. The van der Waals surface area contributed by atoms with Gasteiger partial charge in [0.05, 0.1) is 11.4 Å². The Morgan fingerprint density at radius 3 is 2.58 bits per heavy atom. The summed E-state index contributed by atoms with van der Waals surface area (Å²) in [5.74, 6) is 0.286. The monoisotopic (exact) mass is 346 g/mol. The lowest BCUT2D eigenvalue weighted by Gasteiger charge is -2.05. The second kappa shape index (κ2) is 6.15. The summed E-state index contributed by atoms with van der Waals surface area (Å²) in [5, 5.41) is 6.69. The molecule has 0 aliphatic heterocycles. The van der Waals surface area contributed by atoms with Gasteiger partial charge in [0.15, 0.2) is 0 Å². The molecule has 0 bridgehead atoms. The highest BCUT2D eigenvalue weighted by Gasteiger charge is 2.17. The number of rotatable bonds is 3. The van der Waals surface area contributed by atoms with Crippen molar-refractivity contribution < 1.29 is 9.32 Å². The molecule has 130 valence electrons. The fraction of sp³-hybridized carbons (Fsp3) is 0.150. The van der Waals surface area contributed by atoms with Crippen LogP contribution < -0.4 is 5.32 Å². The van der Waals surface area contributed by atoms with Gasteiger partial charge in [-0.3, -0.25) is 4.79 Å². The van der Waals surface area contributed by atoms with E-state index in [-0.39, 0.29) is 5.91 Å². The molecule has 4 aromatic rings. The minimum atomic E-state index is -0.225. The summed E-state index contributed by atoms with van der Waals surface area (Å²) in [6.45, 7) is 5.52. The van der Waals surface area contributed by atoms with Crippen molar-refractivity contribution in [3.63, 3.8) is 0 Å². The summed E-state index contributed by atoms with van der Waals surface area (Å²) in [4.78, 5) is 17.0.